The Bertz CT molecular complexity index is 454. The molecule has 1 aliphatic carbocycles. The van der Waals surface area contributed by atoms with Crippen LogP contribution in [0.25, 0.3) is 0 Å². The van der Waals surface area contributed by atoms with E-state index >= 15 is 0 Å². The van der Waals surface area contributed by atoms with E-state index in [1.165, 1.54) is 11.3 Å². The zero-order valence-electron chi connectivity index (χ0n) is 12.5. The molecule has 0 amide bonds. The smallest absolute Gasteiger partial charge is 0.185 e. The lowest BCUT2D eigenvalue weighted by atomic mass is 10.0. The van der Waals surface area contributed by atoms with Gasteiger partial charge in [-0.1, -0.05) is 6.92 Å². The molecule has 0 saturated carbocycles. The van der Waals surface area contributed by atoms with Gasteiger partial charge in [0.15, 0.2) is 5.13 Å². The van der Waals surface area contributed by atoms with Crippen LogP contribution < -0.4 is 4.90 Å². The van der Waals surface area contributed by atoms with E-state index in [1.54, 1.807) is 11.3 Å². The van der Waals surface area contributed by atoms with E-state index in [4.69, 9.17) is 4.98 Å². The Balaban J connectivity index is 1.67. The molecule has 20 heavy (non-hydrogen) atoms. The third-order valence-electron chi connectivity index (χ3n) is 4.71. The highest BCUT2D eigenvalue weighted by atomic mass is 32.1. The molecule has 3 rings (SSSR count). The fraction of sp³-hybridized carbons (Fsp3) is 0.800. The summed E-state index contributed by atoms with van der Waals surface area (Å²) in [5, 5.41) is 11.2. The minimum Gasteiger partial charge on any atom is -0.387 e. The third-order valence-corrected chi connectivity index (χ3v) is 5.90. The minimum absolute atomic E-state index is 0.329. The maximum absolute atomic E-state index is 10.0. The number of hydrogen-bond acceptors (Lipinski definition) is 5. The van der Waals surface area contributed by atoms with Gasteiger partial charge in [-0.3, -0.25) is 4.90 Å². The number of hydrogen-bond donors (Lipinski definition) is 1. The van der Waals surface area contributed by atoms with Gasteiger partial charge in [-0.05, 0) is 32.6 Å². The summed E-state index contributed by atoms with van der Waals surface area (Å²) in [6.07, 6.45) is 3.95. The molecule has 0 spiro atoms. The fourth-order valence-electron chi connectivity index (χ4n) is 3.13. The predicted octanol–water partition coefficient (Wildman–Crippen LogP) is 2.43. The Morgan fingerprint density at radius 2 is 2.10 bits per heavy atom. The van der Waals surface area contributed by atoms with Crippen LogP contribution in [-0.2, 0) is 6.42 Å². The van der Waals surface area contributed by atoms with Crippen LogP contribution in [-0.4, -0.2) is 47.2 Å². The highest BCUT2D eigenvalue weighted by Crippen LogP contribution is 2.36. The summed E-state index contributed by atoms with van der Waals surface area (Å²) in [7, 11) is 0. The van der Waals surface area contributed by atoms with Crippen molar-refractivity contribution >= 4 is 16.5 Å². The van der Waals surface area contributed by atoms with E-state index in [0.717, 1.165) is 56.3 Å². The summed E-state index contributed by atoms with van der Waals surface area (Å²) in [5.74, 6) is 0. The summed E-state index contributed by atoms with van der Waals surface area (Å²) < 4.78 is 0. The number of thiazole rings is 1. The molecule has 4 nitrogen and oxygen atoms in total. The highest BCUT2D eigenvalue weighted by Gasteiger charge is 2.27. The minimum atomic E-state index is -0.329. The van der Waals surface area contributed by atoms with Crippen LogP contribution in [0.2, 0.25) is 0 Å². The van der Waals surface area contributed by atoms with Crippen LogP contribution in [0.15, 0.2) is 0 Å². The highest BCUT2D eigenvalue weighted by molar-refractivity contribution is 7.15. The van der Waals surface area contributed by atoms with Gasteiger partial charge >= 0.3 is 0 Å². The molecule has 1 aromatic heterocycles. The molecular weight excluding hydrogens is 270 g/mol. The lowest BCUT2D eigenvalue weighted by molar-refractivity contribution is 0.153. The first-order chi connectivity index (χ1) is 9.69. The molecule has 0 bridgehead atoms. The lowest BCUT2D eigenvalue weighted by Gasteiger charge is -2.37. The number of nitrogens with zero attached hydrogens (tertiary/aromatic N) is 3. The van der Waals surface area contributed by atoms with Gasteiger partial charge in [0.05, 0.1) is 11.8 Å². The standard InChI is InChI=1S/C15H25N3OS/c1-3-11(2)17-7-9-18(10-8-17)15-16-14-12(19)5-4-6-13(14)20-15/h11-12,19H,3-10H2,1-2H3. The lowest BCUT2D eigenvalue weighted by Crippen LogP contribution is -2.49. The molecule has 0 aromatic carbocycles. The molecule has 2 atom stereocenters. The van der Waals surface area contributed by atoms with Gasteiger partial charge in [-0.25, -0.2) is 4.98 Å². The summed E-state index contributed by atoms with van der Waals surface area (Å²) in [5.41, 5.74) is 0.959. The van der Waals surface area contributed by atoms with Gasteiger partial charge in [0.1, 0.15) is 0 Å². The Morgan fingerprint density at radius 1 is 1.35 bits per heavy atom. The number of aliphatic hydroxyl groups excluding tert-OH is 1. The normalized spacial score (nSPS) is 25.6. The van der Waals surface area contributed by atoms with Gasteiger partial charge in [0.2, 0.25) is 0 Å². The van der Waals surface area contributed by atoms with Gasteiger partial charge in [0, 0.05) is 37.1 Å². The van der Waals surface area contributed by atoms with Crippen molar-refractivity contribution < 1.29 is 5.11 Å². The van der Waals surface area contributed by atoms with E-state index in [1.807, 2.05) is 0 Å². The van der Waals surface area contributed by atoms with Crippen LogP contribution in [0.5, 0.6) is 0 Å². The van der Waals surface area contributed by atoms with Gasteiger partial charge in [-0.2, -0.15) is 0 Å². The SMILES string of the molecule is CCC(C)N1CCN(c2nc3c(s2)CCCC3O)CC1. The molecule has 1 aromatic rings. The van der Waals surface area contributed by atoms with E-state index < -0.39 is 0 Å². The van der Waals surface area contributed by atoms with Crippen LogP contribution in [0.4, 0.5) is 5.13 Å². The maximum atomic E-state index is 10.0. The molecule has 2 unspecified atom stereocenters. The maximum Gasteiger partial charge on any atom is 0.185 e. The topological polar surface area (TPSA) is 39.6 Å². The third kappa shape index (κ3) is 2.71. The van der Waals surface area contributed by atoms with Crippen LogP contribution in [0, 0.1) is 0 Å². The van der Waals surface area contributed by atoms with Gasteiger partial charge in [0.25, 0.3) is 0 Å². The molecule has 2 aliphatic rings. The molecule has 2 heterocycles. The molecule has 1 N–H and O–H groups in total. The van der Waals surface area contributed by atoms with Gasteiger partial charge in [-0.15, -0.1) is 11.3 Å². The summed E-state index contributed by atoms with van der Waals surface area (Å²) >= 11 is 1.80. The average Bonchev–Trinajstić information content (AvgIpc) is 2.92. The van der Waals surface area contributed by atoms with Crippen molar-refractivity contribution in [3.8, 4) is 0 Å². The van der Waals surface area contributed by atoms with Crippen LogP contribution >= 0.6 is 11.3 Å². The number of aliphatic hydroxyl groups is 1. The Labute approximate surface area is 125 Å². The molecule has 112 valence electrons. The zero-order chi connectivity index (χ0) is 14.1. The number of aromatic nitrogens is 1. The molecule has 5 heteroatoms. The predicted molar refractivity (Wildman–Crippen MR) is 83.6 cm³/mol. The molecular formula is C15H25N3OS. The fourth-order valence-corrected chi connectivity index (χ4v) is 4.34. The van der Waals surface area contributed by atoms with Crippen molar-refractivity contribution in [2.24, 2.45) is 0 Å². The first kappa shape index (κ1) is 14.3. The number of aryl methyl sites for hydroxylation is 1. The van der Waals surface area contributed by atoms with Crippen molar-refractivity contribution in [1.29, 1.82) is 0 Å². The van der Waals surface area contributed by atoms with Crippen molar-refractivity contribution in [3.63, 3.8) is 0 Å². The second kappa shape index (κ2) is 6.00. The molecule has 1 saturated heterocycles. The molecule has 1 aliphatic heterocycles. The number of rotatable bonds is 3. The first-order valence-electron chi connectivity index (χ1n) is 7.85. The quantitative estimate of drug-likeness (QED) is 0.930. The van der Waals surface area contributed by atoms with Crippen LogP contribution in [0.3, 0.4) is 0 Å². The summed E-state index contributed by atoms with van der Waals surface area (Å²) in [4.78, 5) is 11.0. The Kier molecular flexibility index (Phi) is 4.29. The van der Waals surface area contributed by atoms with E-state index in [9.17, 15) is 5.11 Å². The van der Waals surface area contributed by atoms with E-state index in [2.05, 4.69) is 23.6 Å². The Morgan fingerprint density at radius 3 is 2.75 bits per heavy atom. The van der Waals surface area contributed by atoms with Crippen LogP contribution in [0.1, 0.15) is 49.8 Å². The summed E-state index contributed by atoms with van der Waals surface area (Å²) in [6.45, 7) is 8.95. The second-order valence-electron chi connectivity index (χ2n) is 5.99. The van der Waals surface area contributed by atoms with E-state index in [-0.39, 0.29) is 6.10 Å². The van der Waals surface area contributed by atoms with E-state index in [0.29, 0.717) is 6.04 Å². The zero-order valence-corrected chi connectivity index (χ0v) is 13.3. The monoisotopic (exact) mass is 295 g/mol. The van der Waals surface area contributed by atoms with Crippen molar-refractivity contribution in [2.75, 3.05) is 31.1 Å². The van der Waals surface area contributed by atoms with Crippen molar-refractivity contribution in [2.45, 2.75) is 51.7 Å². The molecule has 0 radical (unpaired) electrons. The van der Waals surface area contributed by atoms with Crippen molar-refractivity contribution in [1.82, 2.24) is 9.88 Å². The number of fused-ring (bicyclic) bond motifs is 1. The summed E-state index contributed by atoms with van der Waals surface area (Å²) in [6, 6.07) is 0.684. The van der Waals surface area contributed by atoms with Gasteiger partial charge < -0.3 is 10.0 Å². The Hall–Kier alpha value is -0.650. The number of piperazine rings is 1. The molecule has 1 fully saturated rings. The largest absolute Gasteiger partial charge is 0.387 e. The average molecular weight is 295 g/mol. The number of anilines is 1. The van der Waals surface area contributed by atoms with Crippen molar-refractivity contribution in [3.05, 3.63) is 10.6 Å². The second-order valence-corrected chi connectivity index (χ2v) is 7.06. The first-order valence-corrected chi connectivity index (χ1v) is 8.67.